The van der Waals surface area contributed by atoms with Crippen LogP contribution < -0.4 is 0 Å². The molecule has 0 spiro atoms. The molecule has 4 aliphatic rings. The molecule has 0 radical (unpaired) electrons. The summed E-state index contributed by atoms with van der Waals surface area (Å²) < 4.78 is 0. The van der Waals surface area contributed by atoms with Crippen LogP contribution in [0.1, 0.15) is 106 Å². The number of phenols is 2. The first-order valence-corrected chi connectivity index (χ1v) is 13.5. The van der Waals surface area contributed by atoms with Crippen molar-refractivity contribution in [1.82, 2.24) is 0 Å². The maximum atomic E-state index is 10.6. The molecule has 4 saturated carbocycles. The van der Waals surface area contributed by atoms with Gasteiger partial charge in [-0.25, -0.2) is 0 Å². The fourth-order valence-corrected chi connectivity index (χ4v) is 9.54. The zero-order valence-corrected chi connectivity index (χ0v) is 20.7. The SMILES string of the molecule is CC(C)c1cc(C(c2ccc(O)c(C(C)C)c2)C23C4CCC(C4)C2C2CCC3C2)ccc1O. The lowest BCUT2D eigenvalue weighted by Crippen LogP contribution is -2.46. The van der Waals surface area contributed by atoms with E-state index in [1.54, 1.807) is 0 Å². The molecular weight excluding hydrogens is 404 g/mol. The molecule has 0 aromatic heterocycles. The van der Waals surface area contributed by atoms with Crippen molar-refractivity contribution < 1.29 is 10.2 Å². The first-order valence-electron chi connectivity index (χ1n) is 13.5. The minimum absolute atomic E-state index is 0.296. The van der Waals surface area contributed by atoms with Crippen LogP contribution >= 0.6 is 0 Å². The Morgan fingerprint density at radius 1 is 0.697 bits per heavy atom. The van der Waals surface area contributed by atoms with Crippen molar-refractivity contribution >= 4 is 0 Å². The second kappa shape index (κ2) is 7.52. The third kappa shape index (κ3) is 2.91. The fourth-order valence-electron chi connectivity index (χ4n) is 9.54. The Labute approximate surface area is 199 Å². The Kier molecular flexibility index (Phi) is 4.91. The average Bonchev–Trinajstić information content (AvgIpc) is 3.56. The number of aromatic hydroxyl groups is 2. The topological polar surface area (TPSA) is 40.5 Å². The van der Waals surface area contributed by atoms with Crippen LogP contribution in [-0.2, 0) is 0 Å². The van der Waals surface area contributed by atoms with Crippen molar-refractivity contribution in [3.8, 4) is 11.5 Å². The predicted molar refractivity (Wildman–Crippen MR) is 134 cm³/mol. The molecule has 0 saturated heterocycles. The van der Waals surface area contributed by atoms with Gasteiger partial charge in [0, 0.05) is 5.92 Å². The Bertz CT molecular complexity index is 987. The highest BCUT2D eigenvalue weighted by atomic mass is 16.3. The average molecular weight is 445 g/mol. The molecule has 0 aliphatic heterocycles. The number of hydrogen-bond donors (Lipinski definition) is 2. The van der Waals surface area contributed by atoms with Gasteiger partial charge in [-0.05, 0) is 120 Å². The summed E-state index contributed by atoms with van der Waals surface area (Å²) in [7, 11) is 0. The fraction of sp³-hybridized carbons (Fsp3) is 0.613. The molecule has 33 heavy (non-hydrogen) atoms. The van der Waals surface area contributed by atoms with Gasteiger partial charge in [-0.2, -0.15) is 0 Å². The van der Waals surface area contributed by atoms with E-state index in [4.69, 9.17) is 0 Å². The van der Waals surface area contributed by atoms with E-state index in [-0.39, 0.29) is 0 Å². The Balaban J connectivity index is 1.59. The van der Waals surface area contributed by atoms with Gasteiger partial charge in [0.05, 0.1) is 0 Å². The molecule has 2 nitrogen and oxygen atoms in total. The molecular formula is C31H40O2. The monoisotopic (exact) mass is 444 g/mol. The summed E-state index contributed by atoms with van der Waals surface area (Å²) in [6.45, 7) is 8.73. The van der Waals surface area contributed by atoms with E-state index in [0.717, 1.165) is 40.7 Å². The zero-order valence-electron chi connectivity index (χ0n) is 20.7. The quantitative estimate of drug-likeness (QED) is 0.460. The van der Waals surface area contributed by atoms with Crippen molar-refractivity contribution in [1.29, 1.82) is 0 Å². The van der Waals surface area contributed by atoms with Gasteiger partial charge in [-0.1, -0.05) is 52.0 Å². The van der Waals surface area contributed by atoms with Crippen LogP contribution in [0.5, 0.6) is 11.5 Å². The minimum atomic E-state index is 0.296. The highest BCUT2D eigenvalue weighted by Gasteiger charge is 2.71. The molecule has 2 aromatic rings. The van der Waals surface area contributed by atoms with Crippen molar-refractivity contribution in [3.63, 3.8) is 0 Å². The molecule has 2 aromatic carbocycles. The number of rotatable bonds is 5. The maximum absolute atomic E-state index is 10.6. The first kappa shape index (κ1) is 21.6. The van der Waals surface area contributed by atoms with Gasteiger partial charge >= 0.3 is 0 Å². The molecule has 4 atom stereocenters. The van der Waals surface area contributed by atoms with E-state index in [2.05, 4.69) is 52.0 Å². The van der Waals surface area contributed by atoms with Gasteiger partial charge in [0.1, 0.15) is 11.5 Å². The standard InChI is InChI=1S/C31H40O2/c1-17(2)25-15-21(7-11-27(25)32)30(22-8-12-28(33)26(16-22)18(3)4)31-23-9-5-19(13-23)29(31)20-6-10-24(31)14-20/h7-8,11-12,15-20,23-24,29-30,32-33H,5-6,9-10,13-14H2,1-4H3. The van der Waals surface area contributed by atoms with Gasteiger partial charge in [0.25, 0.3) is 0 Å². The summed E-state index contributed by atoms with van der Waals surface area (Å²) in [5.74, 6) is 6.12. The van der Waals surface area contributed by atoms with Crippen LogP contribution in [0.2, 0.25) is 0 Å². The lowest BCUT2D eigenvalue weighted by molar-refractivity contribution is 0.00294. The van der Waals surface area contributed by atoms with Crippen LogP contribution in [0.4, 0.5) is 0 Å². The number of benzene rings is 2. The summed E-state index contributed by atoms with van der Waals surface area (Å²) in [6.07, 6.45) is 8.52. The summed E-state index contributed by atoms with van der Waals surface area (Å²) in [4.78, 5) is 0. The Morgan fingerprint density at radius 2 is 1.15 bits per heavy atom. The number of fused-ring (bicyclic) bond motifs is 9. The molecule has 4 unspecified atom stereocenters. The normalized spacial score (nSPS) is 34.2. The number of hydrogen-bond acceptors (Lipinski definition) is 2. The second-order valence-electron chi connectivity index (χ2n) is 12.4. The molecule has 2 N–H and O–H groups in total. The van der Waals surface area contributed by atoms with Crippen LogP contribution in [0, 0.1) is 35.0 Å². The lowest BCUT2D eigenvalue weighted by Gasteiger charge is -2.53. The van der Waals surface area contributed by atoms with E-state index in [1.165, 1.54) is 49.7 Å². The van der Waals surface area contributed by atoms with E-state index < -0.39 is 0 Å². The van der Waals surface area contributed by atoms with Crippen molar-refractivity contribution in [3.05, 3.63) is 58.7 Å². The summed E-state index contributed by atoms with van der Waals surface area (Å²) in [6, 6.07) is 13.0. The second-order valence-corrected chi connectivity index (χ2v) is 12.4. The summed E-state index contributed by atoms with van der Waals surface area (Å²) in [5, 5.41) is 21.3. The van der Waals surface area contributed by atoms with E-state index in [0.29, 0.717) is 34.7 Å². The van der Waals surface area contributed by atoms with Gasteiger partial charge in [0.2, 0.25) is 0 Å². The van der Waals surface area contributed by atoms with E-state index in [9.17, 15) is 10.2 Å². The van der Waals surface area contributed by atoms with Crippen LogP contribution in [-0.4, -0.2) is 10.2 Å². The molecule has 2 heteroatoms. The minimum Gasteiger partial charge on any atom is -0.508 e. The molecule has 4 bridgehead atoms. The molecule has 6 rings (SSSR count). The molecule has 176 valence electrons. The van der Waals surface area contributed by atoms with E-state index in [1.807, 2.05) is 12.1 Å². The molecule has 0 amide bonds. The van der Waals surface area contributed by atoms with Gasteiger partial charge in [0.15, 0.2) is 0 Å². The molecule has 4 fully saturated rings. The maximum Gasteiger partial charge on any atom is 0.119 e. The largest absolute Gasteiger partial charge is 0.508 e. The third-order valence-electron chi connectivity index (χ3n) is 10.5. The van der Waals surface area contributed by atoms with Gasteiger partial charge < -0.3 is 10.2 Å². The van der Waals surface area contributed by atoms with Crippen LogP contribution in [0.25, 0.3) is 0 Å². The van der Waals surface area contributed by atoms with Crippen molar-refractivity contribution in [2.75, 3.05) is 0 Å². The molecule has 0 heterocycles. The summed E-state index contributed by atoms with van der Waals surface area (Å²) in [5.41, 5.74) is 5.27. The van der Waals surface area contributed by atoms with Crippen molar-refractivity contribution in [2.24, 2.45) is 35.0 Å². The predicted octanol–water partition coefficient (Wildman–Crippen LogP) is 7.94. The third-order valence-corrected chi connectivity index (χ3v) is 10.5. The molecule has 4 aliphatic carbocycles. The number of phenolic OH excluding ortho intramolecular Hbond substituents is 2. The Morgan fingerprint density at radius 3 is 1.58 bits per heavy atom. The smallest absolute Gasteiger partial charge is 0.119 e. The first-order chi connectivity index (χ1) is 15.8. The van der Waals surface area contributed by atoms with Crippen molar-refractivity contribution in [2.45, 2.75) is 84.0 Å². The zero-order chi connectivity index (χ0) is 23.1. The highest BCUT2D eigenvalue weighted by Crippen LogP contribution is 2.78. The van der Waals surface area contributed by atoms with Gasteiger partial charge in [-0.3, -0.25) is 0 Å². The van der Waals surface area contributed by atoms with E-state index >= 15 is 0 Å². The lowest BCUT2D eigenvalue weighted by atomic mass is 9.51. The van der Waals surface area contributed by atoms with Crippen LogP contribution in [0.15, 0.2) is 36.4 Å². The highest BCUT2D eigenvalue weighted by molar-refractivity contribution is 5.48. The Hall–Kier alpha value is -1.96. The van der Waals surface area contributed by atoms with Crippen LogP contribution in [0.3, 0.4) is 0 Å². The summed E-state index contributed by atoms with van der Waals surface area (Å²) >= 11 is 0. The van der Waals surface area contributed by atoms with Gasteiger partial charge in [-0.15, -0.1) is 0 Å².